The molecule has 1 aromatic heterocycles. The molecule has 0 unspecified atom stereocenters. The summed E-state index contributed by atoms with van der Waals surface area (Å²) in [6.07, 6.45) is 1.80. The van der Waals surface area contributed by atoms with Crippen LogP contribution in [0.25, 0.3) is 22.3 Å². The summed E-state index contributed by atoms with van der Waals surface area (Å²) < 4.78 is 0.821. The van der Waals surface area contributed by atoms with Gasteiger partial charge < -0.3 is 10.4 Å². The van der Waals surface area contributed by atoms with E-state index in [2.05, 4.69) is 31.2 Å². The lowest BCUT2D eigenvalue weighted by Crippen LogP contribution is -2.03. The zero-order chi connectivity index (χ0) is 17.9. The number of aromatic nitrogens is 2. The van der Waals surface area contributed by atoms with E-state index in [1.807, 2.05) is 54.6 Å². The number of nitrogens with zero attached hydrogens (tertiary/aromatic N) is 2. The molecule has 0 fully saturated rings. The first-order valence-electron chi connectivity index (χ1n) is 8.24. The van der Waals surface area contributed by atoms with Crippen LogP contribution in [-0.4, -0.2) is 15.1 Å². The Morgan fingerprint density at radius 2 is 1.69 bits per heavy atom. The lowest BCUT2D eigenvalue weighted by atomic mass is 10.1. The molecule has 0 atom stereocenters. The molecule has 0 spiro atoms. The summed E-state index contributed by atoms with van der Waals surface area (Å²) in [5, 5.41) is 14.7. The van der Waals surface area contributed by atoms with Gasteiger partial charge in [0.25, 0.3) is 0 Å². The van der Waals surface area contributed by atoms with Gasteiger partial charge in [0.05, 0.1) is 16.8 Å². The van der Waals surface area contributed by atoms with E-state index >= 15 is 0 Å². The van der Waals surface area contributed by atoms with Crippen LogP contribution in [0.2, 0.25) is 0 Å². The summed E-state index contributed by atoms with van der Waals surface area (Å²) >= 11 is 3.58. The number of anilines is 1. The first kappa shape index (κ1) is 16.5. The van der Waals surface area contributed by atoms with Crippen molar-refractivity contribution in [3.63, 3.8) is 0 Å². The number of hydrogen-bond acceptors (Lipinski definition) is 4. The molecule has 1 heterocycles. The van der Waals surface area contributed by atoms with Gasteiger partial charge in [0.15, 0.2) is 5.82 Å². The predicted molar refractivity (Wildman–Crippen MR) is 108 cm³/mol. The Balaban J connectivity index is 1.78. The van der Waals surface area contributed by atoms with Crippen molar-refractivity contribution < 1.29 is 5.11 Å². The van der Waals surface area contributed by atoms with Crippen molar-refractivity contribution in [2.75, 3.05) is 5.32 Å². The van der Waals surface area contributed by atoms with Crippen molar-refractivity contribution in [2.45, 2.75) is 6.54 Å². The first-order chi connectivity index (χ1) is 12.7. The zero-order valence-corrected chi connectivity index (χ0v) is 15.4. The van der Waals surface area contributed by atoms with E-state index in [0.29, 0.717) is 18.1 Å². The Kier molecular flexibility index (Phi) is 4.54. The maximum absolute atomic E-state index is 10.4. The third-order valence-electron chi connectivity index (χ3n) is 4.16. The van der Waals surface area contributed by atoms with Crippen LogP contribution in [0.1, 0.15) is 5.56 Å². The minimum Gasteiger partial charge on any atom is -0.506 e. The summed E-state index contributed by atoms with van der Waals surface area (Å²) in [5.41, 5.74) is 3.34. The third-order valence-corrected chi connectivity index (χ3v) is 4.82. The van der Waals surface area contributed by atoms with E-state index < -0.39 is 0 Å². The molecule has 0 aliphatic carbocycles. The number of benzene rings is 3. The van der Waals surface area contributed by atoms with Crippen molar-refractivity contribution in [1.29, 1.82) is 0 Å². The smallest absolute Gasteiger partial charge is 0.163 e. The second-order valence-corrected chi connectivity index (χ2v) is 6.76. The Hall–Kier alpha value is -2.92. The highest BCUT2D eigenvalue weighted by Gasteiger charge is 2.16. The molecule has 0 saturated carbocycles. The summed E-state index contributed by atoms with van der Waals surface area (Å²) in [5.74, 6) is 0.720. The molecule has 3 aromatic carbocycles. The van der Waals surface area contributed by atoms with E-state index in [-0.39, 0.29) is 5.75 Å². The number of nitrogens with one attached hydrogen (secondary N) is 1. The minimum absolute atomic E-state index is 0.163. The second-order valence-electron chi connectivity index (χ2n) is 5.91. The van der Waals surface area contributed by atoms with Gasteiger partial charge in [-0.2, -0.15) is 0 Å². The molecule has 4 rings (SSSR count). The lowest BCUT2D eigenvalue weighted by Gasteiger charge is -2.15. The average molecular weight is 406 g/mol. The van der Waals surface area contributed by atoms with Crippen LogP contribution in [0, 0.1) is 0 Å². The van der Waals surface area contributed by atoms with Gasteiger partial charge in [-0.25, -0.2) is 9.97 Å². The molecule has 128 valence electrons. The number of fused-ring (bicyclic) bond motifs is 1. The van der Waals surface area contributed by atoms with Gasteiger partial charge in [0.1, 0.15) is 5.75 Å². The monoisotopic (exact) mass is 405 g/mol. The fourth-order valence-electron chi connectivity index (χ4n) is 2.84. The topological polar surface area (TPSA) is 58.0 Å². The highest BCUT2D eigenvalue weighted by Crippen LogP contribution is 2.39. The average Bonchev–Trinajstić information content (AvgIpc) is 2.69. The van der Waals surface area contributed by atoms with Crippen LogP contribution in [0.3, 0.4) is 0 Å². The number of phenolic OH excluding ortho intramolecular Hbond substituents is 1. The van der Waals surface area contributed by atoms with Crippen LogP contribution < -0.4 is 5.32 Å². The van der Waals surface area contributed by atoms with Gasteiger partial charge in [-0.1, -0.05) is 48.5 Å². The largest absolute Gasteiger partial charge is 0.506 e. The fourth-order valence-corrected chi connectivity index (χ4v) is 3.35. The van der Waals surface area contributed by atoms with Gasteiger partial charge in [-0.05, 0) is 39.7 Å². The van der Waals surface area contributed by atoms with Gasteiger partial charge >= 0.3 is 0 Å². The summed E-state index contributed by atoms with van der Waals surface area (Å²) in [6.45, 7) is 0.589. The Morgan fingerprint density at radius 3 is 2.54 bits per heavy atom. The number of phenols is 1. The molecular weight excluding hydrogens is 390 g/mol. The Morgan fingerprint density at radius 1 is 0.923 bits per heavy atom. The molecule has 0 aliphatic heterocycles. The number of para-hydroxylation sites is 1. The van der Waals surface area contributed by atoms with E-state index in [0.717, 1.165) is 26.5 Å². The predicted octanol–water partition coefficient (Wildman–Crippen LogP) is 5.38. The molecular formula is C21H16BrN3O. The maximum Gasteiger partial charge on any atom is 0.163 e. The molecule has 4 aromatic rings. The van der Waals surface area contributed by atoms with E-state index in [1.165, 1.54) is 0 Å². The van der Waals surface area contributed by atoms with Crippen molar-refractivity contribution in [1.82, 2.24) is 9.97 Å². The van der Waals surface area contributed by atoms with Gasteiger partial charge in [-0.15, -0.1) is 0 Å². The van der Waals surface area contributed by atoms with E-state index in [9.17, 15) is 5.11 Å². The van der Waals surface area contributed by atoms with Crippen LogP contribution in [0.4, 0.5) is 5.69 Å². The summed E-state index contributed by atoms with van der Waals surface area (Å²) in [7, 11) is 0. The number of aromatic hydroxyl groups is 1. The molecule has 4 nitrogen and oxygen atoms in total. The summed E-state index contributed by atoms with van der Waals surface area (Å²) in [6, 6.07) is 21.3. The molecule has 0 amide bonds. The quantitative estimate of drug-likeness (QED) is 0.447. The first-order valence-corrected chi connectivity index (χ1v) is 9.03. The fraction of sp³-hybridized carbons (Fsp3) is 0.0476. The number of rotatable bonds is 4. The molecule has 0 saturated heterocycles. The van der Waals surface area contributed by atoms with Crippen molar-refractivity contribution >= 4 is 32.5 Å². The molecule has 0 aliphatic rings. The molecule has 0 bridgehead atoms. The SMILES string of the molecule is Oc1ccc(Br)c(-c2ncc3ccccc3n2)c1NCc1ccccc1. The van der Waals surface area contributed by atoms with Crippen LogP contribution in [0.5, 0.6) is 5.75 Å². The number of halogens is 1. The van der Waals surface area contributed by atoms with E-state index in [4.69, 9.17) is 0 Å². The Labute approximate surface area is 159 Å². The van der Waals surface area contributed by atoms with Gasteiger partial charge in [0.2, 0.25) is 0 Å². The van der Waals surface area contributed by atoms with Crippen molar-refractivity contribution in [3.05, 3.63) is 83.0 Å². The number of hydrogen-bond donors (Lipinski definition) is 2. The zero-order valence-electron chi connectivity index (χ0n) is 13.9. The highest BCUT2D eigenvalue weighted by molar-refractivity contribution is 9.10. The Bertz CT molecular complexity index is 1070. The van der Waals surface area contributed by atoms with Crippen molar-refractivity contribution in [3.8, 4) is 17.1 Å². The molecule has 5 heteroatoms. The van der Waals surface area contributed by atoms with E-state index in [1.54, 1.807) is 18.3 Å². The standard InChI is InChI=1S/C21H16BrN3O/c22-16-10-11-18(26)20(23-12-14-6-2-1-3-7-14)19(16)21-24-13-15-8-4-5-9-17(15)25-21/h1-11,13,23,26H,12H2. The molecule has 2 N–H and O–H groups in total. The van der Waals surface area contributed by atoms with Crippen LogP contribution in [0.15, 0.2) is 77.4 Å². The van der Waals surface area contributed by atoms with Crippen molar-refractivity contribution in [2.24, 2.45) is 0 Å². The summed E-state index contributed by atoms with van der Waals surface area (Å²) in [4.78, 5) is 9.17. The molecule has 0 radical (unpaired) electrons. The van der Waals surface area contributed by atoms with Crippen LogP contribution in [-0.2, 0) is 6.54 Å². The molecule has 26 heavy (non-hydrogen) atoms. The third kappa shape index (κ3) is 3.26. The lowest BCUT2D eigenvalue weighted by molar-refractivity contribution is 0.477. The highest BCUT2D eigenvalue weighted by atomic mass is 79.9. The van der Waals surface area contributed by atoms with Gasteiger partial charge in [0, 0.05) is 22.6 Å². The minimum atomic E-state index is 0.163. The second kappa shape index (κ2) is 7.14. The van der Waals surface area contributed by atoms with Gasteiger partial charge in [-0.3, -0.25) is 0 Å². The normalized spacial score (nSPS) is 10.8. The maximum atomic E-state index is 10.4. The van der Waals surface area contributed by atoms with Crippen LogP contribution >= 0.6 is 15.9 Å².